The lowest BCUT2D eigenvalue weighted by atomic mass is 10.1. The zero-order chi connectivity index (χ0) is 8.79. The molecular formula is C9H3ClNOP. The molecular weight excluding hydrogens is 205 g/mol. The predicted molar refractivity (Wildman–Crippen MR) is 53.1 cm³/mol. The van der Waals surface area contributed by atoms with Gasteiger partial charge in [-0.15, -0.1) is 0 Å². The Hall–Kier alpha value is -0.850. The summed E-state index contributed by atoms with van der Waals surface area (Å²) in [5.41, 5.74) is 2.64. The first kappa shape index (κ1) is 6.58. The average Bonchev–Trinajstić information content (AvgIpc) is 2.93. The Kier molecular flexibility index (Phi) is 0.789. The van der Waals surface area contributed by atoms with Crippen molar-refractivity contribution in [3.63, 3.8) is 0 Å². The first-order valence-corrected chi connectivity index (χ1v) is 6.07. The molecule has 0 bridgehead atoms. The Morgan fingerprint density at radius 1 is 1.31 bits per heavy atom. The van der Waals surface area contributed by atoms with Gasteiger partial charge in [0.2, 0.25) is 0 Å². The van der Waals surface area contributed by atoms with Crippen molar-refractivity contribution < 1.29 is 4.57 Å². The summed E-state index contributed by atoms with van der Waals surface area (Å²) in [5, 5.41) is 2.68. The van der Waals surface area contributed by atoms with Crippen molar-refractivity contribution in [1.29, 1.82) is 0 Å². The lowest BCUT2D eigenvalue weighted by molar-refractivity contribution is 0.598. The first-order chi connectivity index (χ1) is 6.24. The summed E-state index contributed by atoms with van der Waals surface area (Å²) in [6.07, 6.45) is 0. The van der Waals surface area contributed by atoms with Crippen LogP contribution in [-0.2, 0) is 4.57 Å². The summed E-state index contributed by atoms with van der Waals surface area (Å²) in [4.78, 5) is 4.29. The second-order valence-corrected chi connectivity index (χ2v) is 6.32. The topological polar surface area (TPSA) is 29.4 Å². The van der Waals surface area contributed by atoms with Crippen LogP contribution in [0, 0.1) is 0 Å². The highest BCUT2D eigenvalue weighted by Crippen LogP contribution is 3.00. The highest BCUT2D eigenvalue weighted by molar-refractivity contribution is 8.15. The number of hydrogen-bond acceptors (Lipinski definition) is 2. The average molecular weight is 208 g/mol. The molecule has 3 aliphatic heterocycles. The van der Waals surface area contributed by atoms with E-state index in [2.05, 4.69) is 4.99 Å². The molecule has 0 N–H and O–H groups in total. The van der Waals surface area contributed by atoms with Crippen LogP contribution in [0.1, 0.15) is 5.56 Å². The smallest absolute Gasteiger partial charge is 0.194 e. The number of benzene rings is 1. The first-order valence-electron chi connectivity index (χ1n) is 3.98. The minimum absolute atomic E-state index is 0.672. The Morgan fingerprint density at radius 2 is 2.08 bits per heavy atom. The minimum atomic E-state index is -2.10. The van der Waals surface area contributed by atoms with Crippen molar-refractivity contribution in [3.8, 4) is 0 Å². The molecule has 1 unspecified atom stereocenters. The fourth-order valence-corrected chi connectivity index (χ4v) is 4.96. The molecule has 0 radical (unpaired) electrons. The maximum atomic E-state index is 11.8. The third-order valence-corrected chi connectivity index (χ3v) is 5.65. The van der Waals surface area contributed by atoms with Gasteiger partial charge in [0, 0.05) is 10.9 Å². The minimum Gasteiger partial charge on any atom is -0.307 e. The Balaban J connectivity index is 2.18. The van der Waals surface area contributed by atoms with Gasteiger partial charge >= 0.3 is 0 Å². The fraction of sp³-hybridized carbons (Fsp3) is 0. The van der Waals surface area contributed by atoms with Crippen molar-refractivity contribution in [1.82, 2.24) is 0 Å². The zero-order valence-corrected chi connectivity index (χ0v) is 8.06. The molecule has 0 spiro atoms. The monoisotopic (exact) mass is 207 g/mol. The lowest BCUT2D eigenvalue weighted by Gasteiger charge is -2.10. The van der Waals surface area contributed by atoms with Crippen molar-refractivity contribution >= 4 is 35.2 Å². The third-order valence-electron chi connectivity index (χ3n) is 2.72. The predicted octanol–water partition coefficient (Wildman–Crippen LogP) is 3.44. The summed E-state index contributed by atoms with van der Waals surface area (Å²) >= 11 is 6.01. The fourth-order valence-electron chi connectivity index (χ4n) is 1.96. The van der Waals surface area contributed by atoms with Gasteiger partial charge in [0.05, 0.1) is 16.0 Å². The SMILES string of the molecule is O=P12C3=Nc4cccc(Cl)c4C1=C32. The van der Waals surface area contributed by atoms with E-state index < -0.39 is 7.14 Å². The molecule has 13 heavy (non-hydrogen) atoms. The number of allylic oxidation sites excluding steroid dienone is 1. The molecule has 1 aromatic rings. The van der Waals surface area contributed by atoms with Crippen LogP contribution in [0.2, 0.25) is 5.02 Å². The van der Waals surface area contributed by atoms with Crippen LogP contribution in [0.25, 0.3) is 5.31 Å². The highest BCUT2D eigenvalue weighted by atomic mass is 35.5. The van der Waals surface area contributed by atoms with E-state index in [1.165, 1.54) is 0 Å². The van der Waals surface area contributed by atoms with Crippen LogP contribution in [0.5, 0.6) is 0 Å². The van der Waals surface area contributed by atoms with Crippen LogP contribution in [0.3, 0.4) is 0 Å². The van der Waals surface area contributed by atoms with E-state index >= 15 is 0 Å². The lowest BCUT2D eigenvalue weighted by Crippen LogP contribution is -1.90. The van der Waals surface area contributed by atoms with Gasteiger partial charge in [0.15, 0.2) is 7.14 Å². The van der Waals surface area contributed by atoms with Gasteiger partial charge < -0.3 is 4.57 Å². The highest BCUT2D eigenvalue weighted by Gasteiger charge is 2.75. The zero-order valence-electron chi connectivity index (χ0n) is 6.41. The van der Waals surface area contributed by atoms with Crippen LogP contribution in [0.15, 0.2) is 28.5 Å². The molecule has 1 saturated heterocycles. The number of hydrogen-bond donors (Lipinski definition) is 0. The largest absolute Gasteiger partial charge is 0.307 e. The van der Waals surface area contributed by atoms with Crippen molar-refractivity contribution in [2.75, 3.05) is 0 Å². The standard InChI is InChI=1S/C9H3ClNOP/c10-4-2-1-3-5-6(4)7-8-9(11-5)13(7,8)12/h1-3H. The van der Waals surface area contributed by atoms with Gasteiger partial charge in [0.25, 0.3) is 0 Å². The summed E-state index contributed by atoms with van der Waals surface area (Å²) in [7, 11) is -2.10. The Morgan fingerprint density at radius 3 is 2.85 bits per heavy atom. The van der Waals surface area contributed by atoms with Crippen LogP contribution in [-0.4, -0.2) is 5.45 Å². The Labute approximate surface area is 79.3 Å². The molecule has 3 aliphatic rings. The molecule has 3 heterocycles. The van der Waals surface area contributed by atoms with Crippen LogP contribution < -0.4 is 0 Å². The van der Waals surface area contributed by atoms with E-state index in [4.69, 9.17) is 11.6 Å². The quantitative estimate of drug-likeness (QED) is 0.599. The van der Waals surface area contributed by atoms with Gasteiger partial charge in [-0.1, -0.05) is 17.7 Å². The summed E-state index contributed by atoms with van der Waals surface area (Å²) in [5.74, 6) is 0. The summed E-state index contributed by atoms with van der Waals surface area (Å²) in [6, 6.07) is 5.60. The maximum Gasteiger partial charge on any atom is 0.194 e. The number of fused-ring (bicyclic) bond motifs is 3. The molecule has 0 aliphatic carbocycles. The molecule has 4 heteroatoms. The van der Waals surface area contributed by atoms with Gasteiger partial charge in [-0.2, -0.15) is 0 Å². The van der Waals surface area contributed by atoms with E-state index in [0.717, 1.165) is 27.3 Å². The molecule has 2 nitrogen and oxygen atoms in total. The van der Waals surface area contributed by atoms with Gasteiger partial charge in [-0.3, -0.25) is 0 Å². The van der Waals surface area contributed by atoms with Gasteiger partial charge in [-0.25, -0.2) is 4.99 Å². The summed E-state index contributed by atoms with van der Waals surface area (Å²) < 4.78 is 11.8. The van der Waals surface area contributed by atoms with Gasteiger partial charge in [0.1, 0.15) is 5.45 Å². The molecule has 0 saturated carbocycles. The molecule has 1 fully saturated rings. The number of aliphatic imine (C=N–C) groups is 1. The van der Waals surface area contributed by atoms with E-state index in [0.29, 0.717) is 5.02 Å². The molecule has 1 aromatic carbocycles. The van der Waals surface area contributed by atoms with E-state index in [9.17, 15) is 4.57 Å². The number of halogens is 1. The molecule has 62 valence electrons. The number of rotatable bonds is 0. The molecule has 0 aromatic heterocycles. The van der Waals surface area contributed by atoms with E-state index in [-0.39, 0.29) is 0 Å². The van der Waals surface area contributed by atoms with Crippen molar-refractivity contribution in [2.24, 2.45) is 4.99 Å². The van der Waals surface area contributed by atoms with E-state index in [1.807, 2.05) is 18.2 Å². The second-order valence-electron chi connectivity index (χ2n) is 3.38. The van der Waals surface area contributed by atoms with Crippen LogP contribution in [0.4, 0.5) is 5.69 Å². The Bertz CT molecular complexity index is 600. The normalized spacial score (nSPS) is 30.7. The maximum absolute atomic E-state index is 11.8. The molecule has 0 amide bonds. The summed E-state index contributed by atoms with van der Waals surface area (Å²) in [6.45, 7) is 0. The molecule has 1 atom stereocenters. The van der Waals surface area contributed by atoms with Crippen molar-refractivity contribution in [2.45, 2.75) is 0 Å². The van der Waals surface area contributed by atoms with Gasteiger partial charge in [-0.05, 0) is 12.1 Å². The third kappa shape index (κ3) is 0.501. The van der Waals surface area contributed by atoms with E-state index in [1.54, 1.807) is 0 Å². The van der Waals surface area contributed by atoms with Crippen LogP contribution >= 0.6 is 18.7 Å². The molecule has 4 rings (SSSR count). The number of nitrogens with zero attached hydrogens (tertiary/aromatic N) is 1. The second kappa shape index (κ2) is 1.56. The van der Waals surface area contributed by atoms with Crippen molar-refractivity contribution in [3.05, 3.63) is 34.1 Å².